The highest BCUT2D eigenvalue weighted by molar-refractivity contribution is 6.61. The van der Waals surface area contributed by atoms with Gasteiger partial charge in [0.15, 0.2) is 0 Å². The molecule has 0 atom stereocenters. The Morgan fingerprint density at radius 2 is 1.95 bits per heavy atom. The normalized spacial score (nSPS) is 10.5. The second kappa shape index (κ2) is 6.82. The van der Waals surface area contributed by atoms with E-state index in [0.717, 1.165) is 6.92 Å². The van der Waals surface area contributed by atoms with Crippen molar-refractivity contribution in [2.24, 2.45) is 0 Å². The summed E-state index contributed by atoms with van der Waals surface area (Å²) in [7, 11) is 0. The van der Waals surface area contributed by atoms with Gasteiger partial charge in [-0.25, -0.2) is 9.59 Å². The minimum Gasteiger partial charge on any atom is -0.452 e. The van der Waals surface area contributed by atoms with Crippen LogP contribution >= 0.6 is 0 Å². The first-order valence-corrected chi connectivity index (χ1v) is 6.44. The van der Waals surface area contributed by atoms with Gasteiger partial charge < -0.3 is 15.0 Å². The molecule has 0 unspecified atom stereocenters. The maximum absolute atomic E-state index is 11.8. The van der Waals surface area contributed by atoms with Gasteiger partial charge >= 0.3 is 17.8 Å². The minimum atomic E-state index is -1.04. The van der Waals surface area contributed by atoms with Crippen molar-refractivity contribution in [3.05, 3.63) is 29.6 Å². The molecule has 0 aromatic carbocycles. The van der Waals surface area contributed by atoms with E-state index in [2.05, 4.69) is 4.79 Å². The zero-order valence-electron chi connectivity index (χ0n) is 12.8. The number of hydrogen-bond acceptors (Lipinski definition) is 5. The second-order valence-corrected chi connectivity index (χ2v) is 5.49. The lowest BCUT2D eigenvalue weighted by Gasteiger charge is -2.19. The summed E-state index contributed by atoms with van der Waals surface area (Å²) in [4.78, 5) is 36.9. The van der Waals surface area contributed by atoms with Crippen LogP contribution in [0.15, 0.2) is 18.5 Å². The molecule has 0 saturated carbocycles. The van der Waals surface area contributed by atoms with Crippen LogP contribution < -0.4 is 0 Å². The highest BCUT2D eigenvalue weighted by atomic mass is 16.6. The summed E-state index contributed by atoms with van der Waals surface area (Å²) in [5.41, 5.74) is 7.75. The summed E-state index contributed by atoms with van der Waals surface area (Å²) in [5.74, 6) is -1.75. The van der Waals surface area contributed by atoms with Crippen molar-refractivity contribution in [3.63, 3.8) is 0 Å². The van der Waals surface area contributed by atoms with Crippen molar-refractivity contribution in [1.82, 2.24) is 4.57 Å². The van der Waals surface area contributed by atoms with Gasteiger partial charge in [-0.15, -0.1) is 0 Å². The Balaban J connectivity index is 2.67. The van der Waals surface area contributed by atoms with Crippen LogP contribution in [0.4, 0.5) is 4.79 Å². The molecule has 0 N–H and O–H groups in total. The van der Waals surface area contributed by atoms with Crippen molar-refractivity contribution in [2.75, 3.05) is 0 Å². The molecule has 1 heterocycles. The number of Topliss-reactive ketones (excluding diaryl/α,β-unsaturated/α-hetero) is 1. The van der Waals surface area contributed by atoms with Gasteiger partial charge in [-0.05, 0) is 26.8 Å². The van der Waals surface area contributed by atoms with E-state index in [-0.39, 0.29) is 6.61 Å². The fourth-order valence-corrected chi connectivity index (χ4v) is 1.43. The Hall–Kier alpha value is -2.73. The van der Waals surface area contributed by atoms with Crippen molar-refractivity contribution in [3.8, 4) is 0 Å². The molecule has 118 valence electrons. The molecule has 1 rings (SSSR count). The molecule has 22 heavy (non-hydrogen) atoms. The quantitative estimate of drug-likeness (QED) is 0.275. The van der Waals surface area contributed by atoms with E-state index < -0.39 is 29.2 Å². The molecule has 8 nitrogen and oxygen atoms in total. The Kier molecular flexibility index (Phi) is 5.37. The van der Waals surface area contributed by atoms with Crippen LogP contribution in [0.3, 0.4) is 0 Å². The third-order valence-corrected chi connectivity index (χ3v) is 2.36. The third kappa shape index (κ3) is 4.99. The summed E-state index contributed by atoms with van der Waals surface area (Å²) < 4.78 is 11.2. The van der Waals surface area contributed by atoms with E-state index in [1.54, 1.807) is 26.8 Å². The minimum absolute atomic E-state index is 0.180. The predicted molar refractivity (Wildman–Crippen MR) is 75.2 cm³/mol. The van der Waals surface area contributed by atoms with Crippen LogP contribution in [-0.4, -0.2) is 38.5 Å². The number of carbonyl (C=O) groups is 3. The number of hydrogen-bond donors (Lipinski definition) is 0. The zero-order chi connectivity index (χ0) is 16.9. The maximum Gasteiger partial charge on any atom is 0.441 e. The van der Waals surface area contributed by atoms with Gasteiger partial charge in [-0.1, -0.05) is 0 Å². The summed E-state index contributed by atoms with van der Waals surface area (Å²) in [5, 5.41) is 0. The first kappa shape index (κ1) is 17.3. The molecule has 0 fully saturated rings. The summed E-state index contributed by atoms with van der Waals surface area (Å²) in [6, 6.07) is 1.56. The zero-order valence-corrected chi connectivity index (χ0v) is 12.8. The van der Waals surface area contributed by atoms with Gasteiger partial charge in [-0.3, -0.25) is 9.36 Å². The van der Waals surface area contributed by atoms with E-state index in [1.165, 1.54) is 17.0 Å². The van der Waals surface area contributed by atoms with E-state index >= 15 is 0 Å². The standard InChI is InChI=1S/C14H17N3O5/c1-9(18)11(16-15)12(19)21-8-10-5-6-17(7-10)13(20)22-14(2,3)4/h5-7H,8H2,1-4H3. The number of ether oxygens (including phenoxy) is 2. The number of ketones is 1. The molecule has 0 saturated heterocycles. The lowest BCUT2D eigenvalue weighted by Crippen LogP contribution is -2.26. The molecule has 8 heteroatoms. The van der Waals surface area contributed by atoms with Crippen LogP contribution in [0.25, 0.3) is 5.53 Å². The van der Waals surface area contributed by atoms with Gasteiger partial charge in [0.05, 0.1) is 0 Å². The van der Waals surface area contributed by atoms with Crippen molar-refractivity contribution < 1.29 is 28.6 Å². The largest absolute Gasteiger partial charge is 0.452 e. The number of aromatic nitrogens is 1. The number of nitrogens with zero attached hydrogens (tertiary/aromatic N) is 3. The van der Waals surface area contributed by atoms with Gasteiger partial charge in [0, 0.05) is 24.9 Å². The molecular formula is C14H17N3O5. The fraction of sp³-hybridized carbons (Fsp3) is 0.429. The summed E-state index contributed by atoms with van der Waals surface area (Å²) >= 11 is 0. The first-order chi connectivity index (χ1) is 10.1. The van der Waals surface area contributed by atoms with Crippen LogP contribution in [0, 0.1) is 0 Å². The Bertz CT molecular complexity index is 648. The van der Waals surface area contributed by atoms with Crippen molar-refractivity contribution in [2.45, 2.75) is 39.9 Å². The lowest BCUT2D eigenvalue weighted by molar-refractivity contribution is -0.143. The van der Waals surface area contributed by atoms with E-state index in [0.29, 0.717) is 5.56 Å². The van der Waals surface area contributed by atoms with Crippen LogP contribution in [-0.2, 0) is 25.7 Å². The number of esters is 1. The maximum atomic E-state index is 11.8. The van der Waals surface area contributed by atoms with Gasteiger partial charge in [0.2, 0.25) is 5.78 Å². The van der Waals surface area contributed by atoms with E-state index in [1.807, 2.05) is 0 Å². The van der Waals surface area contributed by atoms with E-state index in [4.69, 9.17) is 15.0 Å². The SMILES string of the molecule is CC(=O)C(=[N+]=[N-])C(=O)OCc1ccn(C(=O)OC(C)(C)C)c1. The smallest absolute Gasteiger partial charge is 0.441 e. The first-order valence-electron chi connectivity index (χ1n) is 6.44. The lowest BCUT2D eigenvalue weighted by atomic mass is 10.2. The third-order valence-electron chi connectivity index (χ3n) is 2.36. The molecule has 0 aliphatic rings. The van der Waals surface area contributed by atoms with Gasteiger partial charge in [-0.2, -0.15) is 4.79 Å². The Morgan fingerprint density at radius 1 is 1.32 bits per heavy atom. The molecular weight excluding hydrogens is 290 g/mol. The molecule has 1 aromatic heterocycles. The molecule has 0 aliphatic heterocycles. The van der Waals surface area contributed by atoms with Crippen molar-refractivity contribution in [1.29, 1.82) is 0 Å². The molecule has 0 bridgehead atoms. The van der Waals surface area contributed by atoms with Crippen LogP contribution in [0.5, 0.6) is 0 Å². The summed E-state index contributed by atoms with van der Waals surface area (Å²) in [6.45, 7) is 6.13. The average molecular weight is 307 g/mol. The molecule has 0 aliphatic carbocycles. The van der Waals surface area contributed by atoms with Gasteiger partial charge in [0.25, 0.3) is 0 Å². The Morgan fingerprint density at radius 3 is 2.45 bits per heavy atom. The number of carbonyl (C=O) groups excluding carboxylic acids is 3. The fourth-order valence-electron chi connectivity index (χ4n) is 1.43. The predicted octanol–water partition coefficient (Wildman–Crippen LogP) is 1.57. The van der Waals surface area contributed by atoms with Crippen LogP contribution in [0.2, 0.25) is 0 Å². The number of rotatable bonds is 4. The Labute approximate surface area is 127 Å². The summed E-state index contributed by atoms with van der Waals surface area (Å²) in [6.07, 6.45) is 2.33. The topological polar surface area (TPSA) is 111 Å². The molecule has 1 aromatic rings. The average Bonchev–Trinajstić information content (AvgIpc) is 2.83. The van der Waals surface area contributed by atoms with Crippen LogP contribution in [0.1, 0.15) is 33.3 Å². The highest BCUT2D eigenvalue weighted by Crippen LogP contribution is 2.11. The second-order valence-electron chi connectivity index (χ2n) is 5.49. The highest BCUT2D eigenvalue weighted by Gasteiger charge is 2.27. The van der Waals surface area contributed by atoms with Crippen molar-refractivity contribution >= 4 is 23.6 Å². The van der Waals surface area contributed by atoms with E-state index in [9.17, 15) is 14.4 Å². The monoisotopic (exact) mass is 307 g/mol. The molecule has 0 spiro atoms. The molecule has 0 amide bonds. The van der Waals surface area contributed by atoms with Gasteiger partial charge in [0.1, 0.15) is 12.2 Å². The molecule has 0 radical (unpaired) electrons.